The Bertz CT molecular complexity index is 900. The summed E-state index contributed by atoms with van der Waals surface area (Å²) in [5.41, 5.74) is 1.89. The van der Waals surface area contributed by atoms with Gasteiger partial charge in [0.1, 0.15) is 6.04 Å². The van der Waals surface area contributed by atoms with Crippen LogP contribution >= 0.6 is 11.8 Å². The number of imide groups is 1. The molecule has 1 aromatic heterocycles. The first kappa shape index (κ1) is 17.3. The van der Waals surface area contributed by atoms with E-state index in [2.05, 4.69) is 0 Å². The maximum atomic E-state index is 12.6. The van der Waals surface area contributed by atoms with Crippen molar-refractivity contribution in [3.05, 3.63) is 40.9 Å². The second-order valence-electron chi connectivity index (χ2n) is 5.69. The fraction of sp³-hybridized carbons (Fsp3) is 0.278. The fourth-order valence-electron chi connectivity index (χ4n) is 2.81. The van der Waals surface area contributed by atoms with E-state index in [0.29, 0.717) is 4.91 Å². The van der Waals surface area contributed by atoms with Crippen molar-refractivity contribution in [3.8, 4) is 0 Å². The highest BCUT2D eigenvalue weighted by atomic mass is 32.2. The number of aryl methyl sites for hydroxylation is 1. The molecule has 0 N–H and O–H groups in total. The number of thioether (sulfide) groups is 1. The molecule has 1 aliphatic rings. The van der Waals surface area contributed by atoms with E-state index in [4.69, 9.17) is 4.74 Å². The molecule has 1 aromatic carbocycles. The van der Waals surface area contributed by atoms with Crippen LogP contribution in [0.3, 0.4) is 0 Å². The van der Waals surface area contributed by atoms with Gasteiger partial charge in [-0.05, 0) is 37.8 Å². The van der Waals surface area contributed by atoms with Gasteiger partial charge in [0.25, 0.3) is 11.1 Å². The van der Waals surface area contributed by atoms with Crippen LogP contribution in [0.25, 0.3) is 17.0 Å². The number of hydrogen-bond acceptors (Lipinski definition) is 5. The number of para-hydroxylation sites is 1. The van der Waals surface area contributed by atoms with E-state index in [1.807, 2.05) is 42.1 Å². The van der Waals surface area contributed by atoms with Crippen LogP contribution in [-0.2, 0) is 21.4 Å². The number of aromatic nitrogens is 1. The van der Waals surface area contributed by atoms with Gasteiger partial charge in [-0.1, -0.05) is 18.2 Å². The van der Waals surface area contributed by atoms with Crippen molar-refractivity contribution in [3.63, 3.8) is 0 Å². The van der Waals surface area contributed by atoms with Crippen molar-refractivity contribution in [2.45, 2.75) is 19.9 Å². The van der Waals surface area contributed by atoms with Gasteiger partial charge < -0.3 is 9.30 Å². The van der Waals surface area contributed by atoms with Crippen molar-refractivity contribution < 1.29 is 19.1 Å². The zero-order chi connectivity index (χ0) is 18.1. The Labute approximate surface area is 149 Å². The number of esters is 1. The lowest BCUT2D eigenvalue weighted by atomic mass is 10.1. The van der Waals surface area contributed by atoms with Crippen molar-refractivity contribution in [2.75, 3.05) is 6.61 Å². The number of hydrogen-bond donors (Lipinski definition) is 0. The first-order chi connectivity index (χ1) is 11.9. The number of nitrogens with zero attached hydrogens (tertiary/aromatic N) is 2. The van der Waals surface area contributed by atoms with Crippen molar-refractivity contribution in [2.24, 2.45) is 7.05 Å². The summed E-state index contributed by atoms with van der Waals surface area (Å²) in [5.74, 6) is -1.06. The van der Waals surface area contributed by atoms with Crippen LogP contribution in [0.4, 0.5) is 4.79 Å². The van der Waals surface area contributed by atoms with Crippen LogP contribution in [0, 0.1) is 0 Å². The highest BCUT2D eigenvalue weighted by molar-refractivity contribution is 8.18. The molecule has 0 aliphatic carbocycles. The van der Waals surface area contributed by atoms with E-state index >= 15 is 0 Å². The highest BCUT2D eigenvalue weighted by Crippen LogP contribution is 2.35. The predicted octanol–water partition coefficient (Wildman–Crippen LogP) is 3.17. The first-order valence-corrected chi connectivity index (χ1v) is 8.73. The molecule has 0 bridgehead atoms. The Morgan fingerprint density at radius 1 is 1.32 bits per heavy atom. The average Bonchev–Trinajstić information content (AvgIpc) is 3.05. The Hall–Kier alpha value is -2.54. The quantitative estimate of drug-likeness (QED) is 0.620. The molecule has 6 nitrogen and oxygen atoms in total. The largest absolute Gasteiger partial charge is 0.464 e. The second-order valence-corrected chi connectivity index (χ2v) is 6.69. The monoisotopic (exact) mass is 358 g/mol. The third kappa shape index (κ3) is 3.07. The minimum absolute atomic E-state index is 0.200. The van der Waals surface area contributed by atoms with Crippen molar-refractivity contribution in [1.82, 2.24) is 9.47 Å². The van der Waals surface area contributed by atoms with E-state index in [9.17, 15) is 14.4 Å². The van der Waals surface area contributed by atoms with Gasteiger partial charge in [0.2, 0.25) is 0 Å². The first-order valence-electron chi connectivity index (χ1n) is 7.91. The summed E-state index contributed by atoms with van der Waals surface area (Å²) >= 11 is 0.840. The fourth-order valence-corrected chi connectivity index (χ4v) is 3.71. The molecule has 2 aromatic rings. The van der Waals surface area contributed by atoms with Crippen molar-refractivity contribution in [1.29, 1.82) is 0 Å². The van der Waals surface area contributed by atoms with E-state index in [-0.39, 0.29) is 6.61 Å². The van der Waals surface area contributed by atoms with E-state index in [1.54, 1.807) is 13.0 Å². The summed E-state index contributed by atoms with van der Waals surface area (Å²) in [6.45, 7) is 3.37. The lowest BCUT2D eigenvalue weighted by Crippen LogP contribution is -2.42. The lowest BCUT2D eigenvalue weighted by Gasteiger charge is -2.19. The molecular formula is C18H18N2O4S. The van der Waals surface area contributed by atoms with Gasteiger partial charge in [0, 0.05) is 29.7 Å². The van der Waals surface area contributed by atoms with Crippen LogP contribution in [0.1, 0.15) is 19.4 Å². The Balaban J connectivity index is 1.93. The molecule has 25 heavy (non-hydrogen) atoms. The molecular weight excluding hydrogens is 340 g/mol. The molecule has 1 saturated heterocycles. The molecule has 1 aliphatic heterocycles. The van der Waals surface area contributed by atoms with Crippen LogP contribution in [0.5, 0.6) is 0 Å². The molecule has 1 fully saturated rings. The highest BCUT2D eigenvalue weighted by Gasteiger charge is 2.41. The van der Waals surface area contributed by atoms with Gasteiger partial charge in [0.15, 0.2) is 0 Å². The number of carbonyl (C=O) groups excluding carboxylic acids is 3. The van der Waals surface area contributed by atoms with Gasteiger partial charge in [-0.2, -0.15) is 0 Å². The summed E-state index contributed by atoms with van der Waals surface area (Å²) < 4.78 is 6.88. The zero-order valence-corrected chi connectivity index (χ0v) is 15.0. The summed E-state index contributed by atoms with van der Waals surface area (Å²) in [6.07, 6.45) is 3.61. The van der Waals surface area contributed by atoms with Gasteiger partial charge in [-0.25, -0.2) is 4.79 Å². The van der Waals surface area contributed by atoms with Gasteiger partial charge >= 0.3 is 5.97 Å². The summed E-state index contributed by atoms with van der Waals surface area (Å²) in [5, 5.41) is 0.535. The SMILES string of the molecule is CCOC(=O)C(C)N1C(=O)SC(=Cc2cn(C)c3ccccc23)C1=O. The van der Waals surface area contributed by atoms with Crippen LogP contribution in [0.15, 0.2) is 35.4 Å². The Morgan fingerprint density at radius 3 is 2.76 bits per heavy atom. The van der Waals surface area contributed by atoms with Gasteiger partial charge in [-0.15, -0.1) is 0 Å². The summed E-state index contributed by atoms with van der Waals surface area (Å²) in [6, 6.07) is 6.88. The topological polar surface area (TPSA) is 68.6 Å². The lowest BCUT2D eigenvalue weighted by molar-refractivity contribution is -0.150. The molecule has 0 saturated carbocycles. The minimum Gasteiger partial charge on any atom is -0.464 e. The number of benzene rings is 1. The second kappa shape index (κ2) is 6.76. The molecule has 0 spiro atoms. The number of amides is 2. The average molecular weight is 358 g/mol. The molecule has 0 radical (unpaired) electrons. The standard InChI is InChI=1S/C18H18N2O4S/c1-4-24-17(22)11(2)20-16(21)15(25-18(20)23)9-12-10-19(3)14-8-6-5-7-13(12)14/h5-11H,4H2,1-3H3. The third-order valence-electron chi connectivity index (χ3n) is 4.05. The van der Waals surface area contributed by atoms with Gasteiger partial charge in [0.05, 0.1) is 11.5 Å². The third-order valence-corrected chi connectivity index (χ3v) is 4.94. The zero-order valence-electron chi connectivity index (χ0n) is 14.2. The van der Waals surface area contributed by atoms with Gasteiger partial charge in [-0.3, -0.25) is 14.5 Å². The molecule has 2 heterocycles. The summed E-state index contributed by atoms with van der Waals surface area (Å²) in [4.78, 5) is 38.0. The molecule has 7 heteroatoms. The van der Waals surface area contributed by atoms with Crippen molar-refractivity contribution >= 4 is 45.9 Å². The number of ether oxygens (including phenoxy) is 1. The van der Waals surface area contributed by atoms with E-state index < -0.39 is 23.2 Å². The van der Waals surface area contributed by atoms with E-state index in [1.165, 1.54) is 6.92 Å². The molecule has 3 rings (SSSR count). The molecule has 2 amide bonds. The number of rotatable bonds is 4. The maximum absolute atomic E-state index is 12.6. The van der Waals surface area contributed by atoms with E-state index in [0.717, 1.165) is 33.1 Å². The Kier molecular flexibility index (Phi) is 4.67. The Morgan fingerprint density at radius 2 is 2.04 bits per heavy atom. The normalized spacial score (nSPS) is 17.6. The number of carbonyl (C=O) groups is 3. The predicted molar refractivity (Wildman–Crippen MR) is 96.8 cm³/mol. The van der Waals surface area contributed by atoms with Crippen LogP contribution in [0.2, 0.25) is 0 Å². The van der Waals surface area contributed by atoms with Crippen LogP contribution in [-0.4, -0.2) is 39.2 Å². The minimum atomic E-state index is -0.939. The smallest absolute Gasteiger partial charge is 0.329 e. The maximum Gasteiger partial charge on any atom is 0.329 e. The summed E-state index contributed by atoms with van der Waals surface area (Å²) in [7, 11) is 1.92. The molecule has 130 valence electrons. The molecule has 1 atom stereocenters. The van der Waals surface area contributed by atoms with Crippen LogP contribution < -0.4 is 0 Å². The molecule has 1 unspecified atom stereocenters. The number of fused-ring (bicyclic) bond motifs is 1.